The van der Waals surface area contributed by atoms with Crippen molar-refractivity contribution in [3.05, 3.63) is 39.4 Å². The molecule has 0 aliphatic carbocycles. The van der Waals surface area contributed by atoms with Crippen molar-refractivity contribution in [1.82, 2.24) is 24.6 Å². The lowest BCUT2D eigenvalue weighted by Crippen LogP contribution is -2.63. The van der Waals surface area contributed by atoms with E-state index in [0.717, 1.165) is 41.3 Å². The van der Waals surface area contributed by atoms with Crippen LogP contribution >= 0.6 is 11.6 Å². The van der Waals surface area contributed by atoms with Gasteiger partial charge in [0.2, 0.25) is 5.95 Å². The minimum atomic E-state index is -0.0419. The van der Waals surface area contributed by atoms with E-state index < -0.39 is 0 Å². The first-order valence-electron chi connectivity index (χ1n) is 10.6. The second-order valence-corrected chi connectivity index (χ2v) is 8.99. The van der Waals surface area contributed by atoms with Crippen molar-refractivity contribution in [1.29, 1.82) is 0 Å². The molecule has 1 N–H and O–H groups in total. The van der Waals surface area contributed by atoms with Gasteiger partial charge in [0, 0.05) is 63.8 Å². The number of halogens is 1. The Morgan fingerprint density at radius 1 is 1.19 bits per heavy atom. The van der Waals surface area contributed by atoms with E-state index in [1.807, 2.05) is 37.3 Å². The highest BCUT2D eigenvalue weighted by Crippen LogP contribution is 2.39. The first kappa shape index (κ1) is 19.1. The van der Waals surface area contributed by atoms with Gasteiger partial charge in [-0.15, -0.1) is 0 Å². The number of rotatable bonds is 2. The molecule has 2 atom stereocenters. The number of nitrogens with zero attached hydrogens (tertiary/aromatic N) is 6. The summed E-state index contributed by atoms with van der Waals surface area (Å²) in [6.45, 7) is 3.61. The average Bonchev–Trinajstić information content (AvgIpc) is 3.34. The Morgan fingerprint density at radius 2 is 1.97 bits per heavy atom. The Hall–Kier alpha value is -2.62. The molecule has 3 aliphatic heterocycles. The van der Waals surface area contributed by atoms with Crippen molar-refractivity contribution in [3.8, 4) is 0 Å². The van der Waals surface area contributed by atoms with Gasteiger partial charge in [-0.1, -0.05) is 11.6 Å². The fraction of sp³-hybridized carbons (Fsp3) is 0.476. The maximum Gasteiger partial charge on any atom is 0.278 e. The zero-order chi connectivity index (χ0) is 21.3. The first-order chi connectivity index (χ1) is 15.0. The van der Waals surface area contributed by atoms with Crippen LogP contribution in [-0.2, 0) is 25.3 Å². The van der Waals surface area contributed by atoms with E-state index in [-0.39, 0.29) is 17.6 Å². The number of aromatic nitrogens is 4. The molecule has 162 valence electrons. The maximum absolute atomic E-state index is 13.5. The van der Waals surface area contributed by atoms with Gasteiger partial charge in [-0.05, 0) is 12.1 Å². The molecule has 2 bridgehead atoms. The van der Waals surface area contributed by atoms with Crippen molar-refractivity contribution in [2.24, 2.45) is 14.1 Å². The fourth-order valence-corrected chi connectivity index (χ4v) is 5.37. The molecule has 3 aliphatic rings. The standard InChI is InChI=1S/C21H24ClN7O2/c1-26-9-14-15(25-26)3-4-17(18(14)22)29-6-5-16-19(29)20(30)27(2)21(24-16)28-7-12-10-31-11-13(8-28)23-12/h3-4,9,12-13,23H,5-8,10-11H2,1-2H3. The van der Waals surface area contributed by atoms with Crippen LogP contribution in [0.4, 0.5) is 17.3 Å². The van der Waals surface area contributed by atoms with E-state index in [0.29, 0.717) is 36.9 Å². The predicted molar refractivity (Wildman–Crippen MR) is 120 cm³/mol. The van der Waals surface area contributed by atoms with Gasteiger partial charge < -0.3 is 19.9 Å². The van der Waals surface area contributed by atoms with Gasteiger partial charge in [-0.2, -0.15) is 5.10 Å². The Balaban J connectivity index is 1.41. The normalized spacial score (nSPS) is 22.9. The number of hydrogen-bond donors (Lipinski definition) is 1. The maximum atomic E-state index is 13.5. The topological polar surface area (TPSA) is 80.5 Å². The lowest BCUT2D eigenvalue weighted by atomic mass is 10.1. The number of morpholine rings is 1. The highest BCUT2D eigenvalue weighted by atomic mass is 35.5. The van der Waals surface area contributed by atoms with Gasteiger partial charge in [0.05, 0.1) is 35.1 Å². The third-order valence-electron chi connectivity index (χ3n) is 6.44. The van der Waals surface area contributed by atoms with Crippen LogP contribution in [0.25, 0.3) is 10.9 Å². The smallest absolute Gasteiger partial charge is 0.278 e. The van der Waals surface area contributed by atoms with E-state index in [2.05, 4.69) is 15.3 Å². The van der Waals surface area contributed by atoms with Crippen molar-refractivity contribution >= 4 is 39.8 Å². The summed E-state index contributed by atoms with van der Waals surface area (Å²) in [6, 6.07) is 4.42. The zero-order valence-electron chi connectivity index (χ0n) is 17.5. The quantitative estimate of drug-likeness (QED) is 0.639. The summed E-state index contributed by atoms with van der Waals surface area (Å²) in [4.78, 5) is 22.7. The second-order valence-electron chi connectivity index (χ2n) is 8.61. The molecule has 6 rings (SSSR count). The van der Waals surface area contributed by atoms with Crippen molar-refractivity contribution < 1.29 is 4.74 Å². The van der Waals surface area contributed by atoms with E-state index in [9.17, 15) is 4.79 Å². The molecule has 2 unspecified atom stereocenters. The third kappa shape index (κ3) is 2.95. The molecule has 2 aromatic heterocycles. The monoisotopic (exact) mass is 441 g/mol. The van der Waals surface area contributed by atoms with Gasteiger partial charge in [0.1, 0.15) is 5.69 Å². The SMILES string of the molecule is Cn1cc2c(Cl)c(N3CCc4nc(N5CC6COCC(C5)N6)n(C)c(=O)c43)ccc2n1. The van der Waals surface area contributed by atoms with Crippen molar-refractivity contribution in [3.63, 3.8) is 0 Å². The first-order valence-corrected chi connectivity index (χ1v) is 11.0. The van der Waals surface area contributed by atoms with Crippen LogP contribution in [-0.4, -0.2) is 64.3 Å². The van der Waals surface area contributed by atoms with Crippen molar-refractivity contribution in [2.75, 3.05) is 42.6 Å². The van der Waals surface area contributed by atoms with E-state index in [4.69, 9.17) is 21.3 Å². The van der Waals surface area contributed by atoms with E-state index in [1.165, 1.54) is 0 Å². The number of benzene rings is 1. The largest absolute Gasteiger partial charge is 0.378 e. The summed E-state index contributed by atoms with van der Waals surface area (Å²) >= 11 is 6.75. The zero-order valence-corrected chi connectivity index (χ0v) is 18.3. The molecule has 9 nitrogen and oxygen atoms in total. The van der Waals surface area contributed by atoms with Gasteiger partial charge in [0.15, 0.2) is 0 Å². The van der Waals surface area contributed by atoms with Gasteiger partial charge in [-0.25, -0.2) is 4.98 Å². The van der Waals surface area contributed by atoms with Crippen LogP contribution < -0.4 is 20.7 Å². The summed E-state index contributed by atoms with van der Waals surface area (Å²) in [5.74, 6) is 0.734. The molecular formula is C21H24ClN7O2. The summed E-state index contributed by atoms with van der Waals surface area (Å²) < 4.78 is 9.08. The molecule has 1 aromatic carbocycles. The molecule has 3 aromatic rings. The Bertz CT molecular complexity index is 1240. The minimum absolute atomic E-state index is 0.0419. The van der Waals surface area contributed by atoms with E-state index >= 15 is 0 Å². The van der Waals surface area contributed by atoms with Crippen LogP contribution in [0.2, 0.25) is 5.02 Å². The van der Waals surface area contributed by atoms with Gasteiger partial charge in [-0.3, -0.25) is 14.0 Å². The summed E-state index contributed by atoms with van der Waals surface area (Å²) in [6.07, 6.45) is 2.62. The molecule has 0 saturated carbocycles. The summed E-state index contributed by atoms with van der Waals surface area (Å²) in [7, 11) is 3.68. The predicted octanol–water partition coefficient (Wildman–Crippen LogP) is 1.19. The number of fused-ring (bicyclic) bond motifs is 4. The number of nitrogens with one attached hydrogen (secondary N) is 1. The Kier molecular flexibility index (Phi) is 4.28. The Morgan fingerprint density at radius 3 is 2.74 bits per heavy atom. The minimum Gasteiger partial charge on any atom is -0.378 e. The van der Waals surface area contributed by atoms with Crippen LogP contribution in [0.5, 0.6) is 0 Å². The van der Waals surface area contributed by atoms with Crippen LogP contribution in [0.15, 0.2) is 23.1 Å². The number of aryl methyl sites for hydroxylation is 1. The number of piperazine rings is 1. The molecule has 0 amide bonds. The lowest BCUT2D eigenvalue weighted by Gasteiger charge is -2.42. The molecule has 31 heavy (non-hydrogen) atoms. The highest BCUT2D eigenvalue weighted by Gasteiger charge is 2.34. The van der Waals surface area contributed by atoms with Crippen LogP contribution in [0, 0.1) is 0 Å². The molecule has 0 spiro atoms. The third-order valence-corrected chi connectivity index (χ3v) is 6.84. The van der Waals surface area contributed by atoms with Gasteiger partial charge >= 0.3 is 0 Å². The summed E-state index contributed by atoms with van der Waals surface area (Å²) in [5, 5.41) is 9.49. The molecule has 2 fully saturated rings. The molecular weight excluding hydrogens is 418 g/mol. The lowest BCUT2D eigenvalue weighted by molar-refractivity contribution is 0.0371. The number of anilines is 3. The second kappa shape index (κ2) is 6.94. The number of ether oxygens (including phenoxy) is 1. The highest BCUT2D eigenvalue weighted by molar-refractivity contribution is 6.38. The van der Waals surface area contributed by atoms with Gasteiger partial charge in [0.25, 0.3) is 5.56 Å². The van der Waals surface area contributed by atoms with Crippen molar-refractivity contribution in [2.45, 2.75) is 18.5 Å². The molecule has 2 saturated heterocycles. The fourth-order valence-electron chi connectivity index (χ4n) is 5.06. The molecule has 10 heteroatoms. The average molecular weight is 442 g/mol. The number of hydrogen-bond acceptors (Lipinski definition) is 7. The van der Waals surface area contributed by atoms with E-state index in [1.54, 1.807) is 9.25 Å². The molecule has 0 radical (unpaired) electrons. The molecule has 5 heterocycles. The summed E-state index contributed by atoms with van der Waals surface area (Å²) in [5.41, 5.74) is 3.07. The Labute approximate surface area is 184 Å². The van der Waals surface area contributed by atoms with Crippen LogP contribution in [0.3, 0.4) is 0 Å². The van der Waals surface area contributed by atoms with Crippen LogP contribution in [0.1, 0.15) is 5.69 Å².